The third-order valence-corrected chi connectivity index (χ3v) is 11.2. The molecule has 3 aromatic carbocycles. The number of ether oxygens (including phenoxy) is 2. The number of aromatic nitrogens is 7. The van der Waals surface area contributed by atoms with Crippen molar-refractivity contribution in [1.29, 1.82) is 0 Å². The van der Waals surface area contributed by atoms with Crippen LogP contribution in [0.1, 0.15) is 55.8 Å². The zero-order valence-electron chi connectivity index (χ0n) is 40.4. The van der Waals surface area contributed by atoms with Crippen molar-refractivity contribution in [3.05, 3.63) is 138 Å². The second-order valence-electron chi connectivity index (χ2n) is 16.9. The van der Waals surface area contributed by atoms with E-state index >= 15 is 8.78 Å². The number of carbonyl (C=O) groups is 4. The minimum Gasteiger partial charge on any atom is -0.495 e. The molecule has 1 saturated heterocycles. The van der Waals surface area contributed by atoms with Crippen LogP contribution in [-0.2, 0) is 42.6 Å². The zero-order valence-corrected chi connectivity index (χ0v) is 41.9. The summed E-state index contributed by atoms with van der Waals surface area (Å²) in [5, 5.41) is 12.5. The lowest BCUT2D eigenvalue weighted by Gasteiger charge is -2.21. The molecule has 0 saturated carbocycles. The maximum atomic E-state index is 15.4. The molecule has 1 aliphatic heterocycles. The van der Waals surface area contributed by atoms with E-state index in [0.29, 0.717) is 0 Å². The molecule has 6 aromatic rings. The van der Waals surface area contributed by atoms with Gasteiger partial charge < -0.3 is 18.8 Å². The van der Waals surface area contributed by atoms with Gasteiger partial charge in [-0.2, -0.15) is 15.3 Å². The first kappa shape index (κ1) is 53.7. The van der Waals surface area contributed by atoms with Gasteiger partial charge in [0.25, 0.3) is 11.1 Å². The molecule has 0 amide bonds. The second kappa shape index (κ2) is 23.1. The van der Waals surface area contributed by atoms with E-state index in [1.807, 2.05) is 24.3 Å². The van der Waals surface area contributed by atoms with E-state index in [2.05, 4.69) is 20.3 Å². The van der Waals surface area contributed by atoms with Crippen molar-refractivity contribution >= 4 is 72.4 Å². The van der Waals surface area contributed by atoms with E-state index < -0.39 is 65.6 Å². The first-order valence-corrected chi connectivity index (χ1v) is 22.8. The van der Waals surface area contributed by atoms with Gasteiger partial charge in [-0.05, 0) is 68.8 Å². The highest BCUT2D eigenvalue weighted by Crippen LogP contribution is 2.39. The van der Waals surface area contributed by atoms with Crippen LogP contribution in [0.2, 0.25) is 10.0 Å². The monoisotopic (exact) mass is 1030 g/mol. The molecule has 3 aromatic heterocycles. The highest BCUT2D eigenvalue weighted by molar-refractivity contribution is 6.55. The van der Waals surface area contributed by atoms with Crippen molar-refractivity contribution in [3.8, 4) is 39.4 Å². The Labute approximate surface area is 421 Å². The fourth-order valence-corrected chi connectivity index (χ4v) is 7.42. The van der Waals surface area contributed by atoms with Crippen LogP contribution in [0, 0.1) is 37.3 Å². The predicted octanol–water partition coefficient (Wildman–Crippen LogP) is 7.04. The van der Waals surface area contributed by atoms with Crippen LogP contribution in [0.5, 0.6) is 11.5 Å². The van der Waals surface area contributed by atoms with Crippen molar-refractivity contribution in [1.82, 2.24) is 39.2 Å². The Morgan fingerprint density at radius 1 is 0.681 bits per heavy atom. The molecule has 0 atom stereocenters. The molecule has 0 spiro atoms. The number of esters is 2. The summed E-state index contributed by atoms with van der Waals surface area (Å²) >= 11 is 12.9. The number of nitrogens with zero attached hydrogens (tertiary/aromatic N) is 8. The van der Waals surface area contributed by atoms with Gasteiger partial charge in [0.2, 0.25) is 0 Å². The van der Waals surface area contributed by atoms with Gasteiger partial charge in [-0.25, -0.2) is 27.8 Å². The summed E-state index contributed by atoms with van der Waals surface area (Å²) in [5.41, 5.74) is 0.227. The quantitative estimate of drug-likeness (QED) is 0.0724. The highest BCUT2D eigenvalue weighted by atomic mass is 35.5. The molecule has 374 valence electrons. The largest absolute Gasteiger partial charge is 0.628 e. The number of halogens is 4. The Hall–Kier alpha value is -7.62. The van der Waals surface area contributed by atoms with Gasteiger partial charge in [0.05, 0.1) is 41.7 Å². The first-order valence-electron chi connectivity index (χ1n) is 22.0. The van der Waals surface area contributed by atoms with Gasteiger partial charge >= 0.3 is 31.0 Å². The standard InChI is InChI=1S/C26H23ClFN5O3.C23H24BClFN3O7/c1-15(2)26(35)36-24-16(3)31-32(4)25(34)23(24)22-19(20(27)11-12-21(22)28)10-7-17-5-8-18(9-6-17)33-14-29-13-30-33;1-12(2)23(33)34-21-13(3)27-29(5)22(32)20(21)19-14(15(25)6-7-16(19)26)8-9-24-35-17(30)10-28(4)11-18(31)36-24/h5-15H,1-4H3;6-9,12H,10-11H2,1-5H3/b10-7+;9-8+. The highest BCUT2D eigenvalue weighted by Gasteiger charge is 2.31. The number of rotatable bonds is 11. The van der Waals surface area contributed by atoms with Crippen LogP contribution in [-0.4, -0.2) is 90.4 Å². The number of carbonyl (C=O) groups excluding carboxylic acids is 4. The normalized spacial score (nSPS) is 13.2. The Balaban J connectivity index is 0.000000235. The second-order valence-corrected chi connectivity index (χ2v) is 17.7. The minimum atomic E-state index is -1.41. The summed E-state index contributed by atoms with van der Waals surface area (Å²) < 4.78 is 55.6. The summed E-state index contributed by atoms with van der Waals surface area (Å²) in [6, 6.07) is 12.3. The average Bonchev–Trinajstić information content (AvgIpc) is 3.86. The predicted molar refractivity (Wildman–Crippen MR) is 265 cm³/mol. The van der Waals surface area contributed by atoms with E-state index in [-0.39, 0.29) is 79.4 Å². The van der Waals surface area contributed by atoms with E-state index in [1.54, 1.807) is 64.8 Å². The summed E-state index contributed by atoms with van der Waals surface area (Å²) in [5.74, 6) is -4.14. The van der Waals surface area contributed by atoms with Gasteiger partial charge in [-0.15, -0.1) is 0 Å². The molecule has 23 heteroatoms. The maximum Gasteiger partial charge on any atom is 0.628 e. The minimum absolute atomic E-state index is 0.00693. The molecule has 18 nitrogen and oxygen atoms in total. The SMILES string of the molecule is Cc1nn(C)c(=O)c(-c2c(F)ccc(Cl)c2/C=C/B2OC(=O)CN(C)CC(=O)O2)c1OC(=O)C(C)C.Cc1nn(C)c(=O)c(-c2c(F)ccc(Cl)c2/C=C/c2ccc(-n3cncn3)cc2)c1OC(=O)C(C)C. The molecular formula is C49H47BCl2F2N8O10. The average molecular weight is 1030 g/mol. The van der Waals surface area contributed by atoms with E-state index in [4.69, 9.17) is 42.0 Å². The van der Waals surface area contributed by atoms with Gasteiger partial charge in [-0.1, -0.05) is 81.3 Å². The van der Waals surface area contributed by atoms with E-state index in [9.17, 15) is 28.8 Å². The molecule has 0 N–H and O–H groups in total. The van der Waals surface area contributed by atoms with Gasteiger partial charge in [0.1, 0.15) is 35.7 Å². The fourth-order valence-electron chi connectivity index (χ4n) is 6.97. The van der Waals surface area contributed by atoms with Crippen LogP contribution in [0.4, 0.5) is 8.78 Å². The number of hydrogen-bond acceptors (Lipinski definition) is 15. The van der Waals surface area contributed by atoms with Crippen LogP contribution in [0.3, 0.4) is 0 Å². The van der Waals surface area contributed by atoms with Gasteiger partial charge in [-0.3, -0.25) is 33.7 Å². The molecule has 0 radical (unpaired) electrons. The number of likely N-dealkylation sites (N-methyl/N-ethyl adjacent to an activating group) is 1. The van der Waals surface area contributed by atoms with Crippen molar-refractivity contribution in [2.75, 3.05) is 20.1 Å². The summed E-state index contributed by atoms with van der Waals surface area (Å²) in [6.45, 7) is 9.35. The lowest BCUT2D eigenvalue weighted by molar-refractivity contribution is -0.145. The Kier molecular flexibility index (Phi) is 17.2. The first-order chi connectivity index (χ1) is 34.1. The third-order valence-electron chi connectivity index (χ3n) is 10.6. The molecule has 72 heavy (non-hydrogen) atoms. The topological polar surface area (TPSA) is 209 Å². The molecule has 4 heterocycles. The Morgan fingerprint density at radius 3 is 1.57 bits per heavy atom. The fraction of sp³-hybridized carbons (Fsp3) is 0.265. The molecule has 0 aliphatic carbocycles. The smallest absolute Gasteiger partial charge is 0.495 e. The van der Waals surface area contributed by atoms with Gasteiger partial charge in [0.15, 0.2) is 11.5 Å². The molecule has 1 fully saturated rings. The maximum absolute atomic E-state index is 15.4. The molecule has 7 rings (SSSR count). The van der Waals surface area contributed by atoms with Crippen molar-refractivity contribution < 1.29 is 46.7 Å². The van der Waals surface area contributed by atoms with Crippen molar-refractivity contribution in [2.45, 2.75) is 41.5 Å². The number of hydrogen-bond donors (Lipinski definition) is 0. The van der Waals surface area contributed by atoms with Crippen LogP contribution in [0.15, 0.2) is 76.8 Å². The summed E-state index contributed by atoms with van der Waals surface area (Å²) in [6.07, 6.45) is 7.66. The lowest BCUT2D eigenvalue weighted by Crippen LogP contribution is -2.41. The summed E-state index contributed by atoms with van der Waals surface area (Å²) in [7, 11) is 2.96. The summed E-state index contributed by atoms with van der Waals surface area (Å²) in [4.78, 5) is 80.5. The lowest BCUT2D eigenvalue weighted by atomic mass is 9.87. The van der Waals surface area contributed by atoms with Crippen molar-refractivity contribution in [3.63, 3.8) is 0 Å². The van der Waals surface area contributed by atoms with E-state index in [0.717, 1.165) is 26.7 Å². The Morgan fingerprint density at radius 2 is 1.14 bits per heavy atom. The zero-order chi connectivity index (χ0) is 52.7. The molecule has 0 unspecified atom stereocenters. The van der Waals surface area contributed by atoms with Crippen molar-refractivity contribution in [2.24, 2.45) is 25.9 Å². The number of benzene rings is 3. The number of aryl methyl sites for hydroxylation is 4. The van der Waals surface area contributed by atoms with E-state index in [1.165, 1.54) is 62.5 Å². The molecule has 1 aliphatic rings. The van der Waals surface area contributed by atoms with Crippen LogP contribution in [0.25, 0.3) is 46.2 Å². The Bertz CT molecular complexity index is 3230. The van der Waals surface area contributed by atoms with Gasteiger partial charge in [0, 0.05) is 46.4 Å². The third kappa shape index (κ3) is 12.5. The molecular weight excluding hydrogens is 980 g/mol. The van der Waals surface area contributed by atoms with Crippen LogP contribution >= 0.6 is 23.2 Å². The molecule has 0 bridgehead atoms. The van der Waals surface area contributed by atoms with Crippen LogP contribution < -0.4 is 20.6 Å².